The highest BCUT2D eigenvalue weighted by Gasteiger charge is 2.23. The fourth-order valence-electron chi connectivity index (χ4n) is 2.63. The second-order valence-electron chi connectivity index (χ2n) is 5.30. The zero-order chi connectivity index (χ0) is 16.7. The maximum Gasteiger partial charge on any atom is 0.268 e. The fourth-order valence-corrected chi connectivity index (χ4v) is 4.02. The molecule has 0 unspecified atom stereocenters. The molecule has 0 amide bonds. The first-order valence-corrected chi connectivity index (χ1v) is 8.72. The molecule has 0 spiro atoms. The van der Waals surface area contributed by atoms with Gasteiger partial charge < -0.3 is 4.42 Å². The van der Waals surface area contributed by atoms with Gasteiger partial charge in [0.25, 0.3) is 10.0 Å². The molecule has 24 heavy (non-hydrogen) atoms. The van der Waals surface area contributed by atoms with Crippen LogP contribution in [0.2, 0.25) is 0 Å². The van der Waals surface area contributed by atoms with Crippen LogP contribution in [0.5, 0.6) is 0 Å². The summed E-state index contributed by atoms with van der Waals surface area (Å²) in [5.74, 6) is 0.721. The molecule has 0 fully saturated rings. The average molecular weight is 339 g/mol. The lowest BCUT2D eigenvalue weighted by molar-refractivity contribution is 0.533. The van der Waals surface area contributed by atoms with Gasteiger partial charge in [-0.1, -0.05) is 36.4 Å². The maximum absolute atomic E-state index is 13.0. The van der Waals surface area contributed by atoms with E-state index in [0.717, 1.165) is 5.39 Å². The van der Waals surface area contributed by atoms with E-state index in [2.05, 4.69) is 10.2 Å². The van der Waals surface area contributed by atoms with Crippen molar-refractivity contribution in [2.24, 2.45) is 0 Å². The molecule has 6 nitrogen and oxygen atoms in total. The molecule has 2 aromatic carbocycles. The number of hydrogen-bond acceptors (Lipinski definition) is 5. The van der Waals surface area contributed by atoms with E-state index in [1.807, 2.05) is 12.1 Å². The van der Waals surface area contributed by atoms with Crippen LogP contribution in [0.15, 0.2) is 70.1 Å². The van der Waals surface area contributed by atoms with E-state index in [1.165, 1.54) is 10.2 Å². The molecular weight excluding hydrogens is 326 g/mol. The van der Waals surface area contributed by atoms with E-state index in [-0.39, 0.29) is 4.90 Å². The smallest absolute Gasteiger partial charge is 0.268 e. The SMILES string of the molecule is Cc1nnc(-c2cn(S(=O)(=O)c3ccccc3)c3ccccc23)o1. The lowest BCUT2D eigenvalue weighted by Gasteiger charge is -2.07. The van der Waals surface area contributed by atoms with Gasteiger partial charge in [-0.3, -0.25) is 0 Å². The van der Waals surface area contributed by atoms with Crippen LogP contribution in [0.3, 0.4) is 0 Å². The first-order valence-electron chi connectivity index (χ1n) is 7.28. The number of aryl methyl sites for hydroxylation is 1. The van der Waals surface area contributed by atoms with Crippen molar-refractivity contribution >= 4 is 20.9 Å². The Kier molecular flexibility index (Phi) is 3.24. The Balaban J connectivity index is 2.01. The molecular formula is C17H13N3O3S. The van der Waals surface area contributed by atoms with Crippen molar-refractivity contribution in [1.82, 2.24) is 14.2 Å². The number of rotatable bonds is 3. The van der Waals surface area contributed by atoms with Gasteiger partial charge in [0.1, 0.15) is 0 Å². The first-order chi connectivity index (χ1) is 11.6. The highest BCUT2D eigenvalue weighted by molar-refractivity contribution is 7.90. The Morgan fingerprint density at radius 1 is 0.958 bits per heavy atom. The van der Waals surface area contributed by atoms with Crippen LogP contribution in [0, 0.1) is 6.92 Å². The molecule has 4 rings (SSSR count). The van der Waals surface area contributed by atoms with Crippen molar-refractivity contribution in [1.29, 1.82) is 0 Å². The molecule has 120 valence electrons. The normalized spacial score (nSPS) is 11.9. The molecule has 0 aliphatic rings. The number of nitrogens with zero attached hydrogens (tertiary/aromatic N) is 3. The van der Waals surface area contributed by atoms with Gasteiger partial charge in [0.05, 0.1) is 16.0 Å². The molecule has 0 aliphatic carbocycles. The Morgan fingerprint density at radius 2 is 1.67 bits per heavy atom. The zero-order valence-corrected chi connectivity index (χ0v) is 13.6. The van der Waals surface area contributed by atoms with E-state index in [9.17, 15) is 8.42 Å². The second-order valence-corrected chi connectivity index (χ2v) is 7.12. The average Bonchev–Trinajstić information content (AvgIpc) is 3.19. The van der Waals surface area contributed by atoms with Crippen LogP contribution in [0.25, 0.3) is 22.4 Å². The summed E-state index contributed by atoms with van der Waals surface area (Å²) in [6, 6.07) is 15.5. The van der Waals surface area contributed by atoms with Gasteiger partial charge in [-0.25, -0.2) is 12.4 Å². The Bertz CT molecular complexity index is 1130. The molecule has 4 aromatic rings. The van der Waals surface area contributed by atoms with Gasteiger partial charge in [-0.05, 0) is 18.2 Å². The molecule has 0 radical (unpaired) electrons. The molecule has 2 heterocycles. The third kappa shape index (κ3) is 2.21. The van der Waals surface area contributed by atoms with Crippen LogP contribution in [-0.2, 0) is 10.0 Å². The molecule has 0 saturated heterocycles. The quantitative estimate of drug-likeness (QED) is 0.572. The maximum atomic E-state index is 13.0. The number of aromatic nitrogens is 3. The number of para-hydroxylation sites is 1. The van der Waals surface area contributed by atoms with E-state index in [1.54, 1.807) is 49.4 Å². The zero-order valence-electron chi connectivity index (χ0n) is 12.7. The van der Waals surface area contributed by atoms with Crippen molar-refractivity contribution < 1.29 is 12.8 Å². The predicted octanol–water partition coefficient (Wildman–Crippen LogP) is 3.24. The van der Waals surface area contributed by atoms with Gasteiger partial charge >= 0.3 is 0 Å². The van der Waals surface area contributed by atoms with Crippen molar-refractivity contribution in [3.8, 4) is 11.5 Å². The topological polar surface area (TPSA) is 78.0 Å². The van der Waals surface area contributed by atoms with Gasteiger partial charge in [-0.2, -0.15) is 0 Å². The highest BCUT2D eigenvalue weighted by atomic mass is 32.2. The van der Waals surface area contributed by atoms with Crippen molar-refractivity contribution in [3.05, 3.63) is 66.7 Å². The van der Waals surface area contributed by atoms with Crippen LogP contribution in [-0.4, -0.2) is 22.6 Å². The standard InChI is InChI=1S/C17H13N3O3S/c1-12-18-19-17(23-12)15-11-20(16-10-6-5-9-14(15)16)24(21,22)13-7-3-2-4-8-13/h2-11H,1H3. The minimum absolute atomic E-state index is 0.221. The monoisotopic (exact) mass is 339 g/mol. The second kappa shape index (κ2) is 5.31. The minimum atomic E-state index is -3.72. The summed E-state index contributed by atoms with van der Waals surface area (Å²) in [6.07, 6.45) is 1.53. The fraction of sp³-hybridized carbons (Fsp3) is 0.0588. The Morgan fingerprint density at radius 3 is 2.38 bits per heavy atom. The number of benzene rings is 2. The summed E-state index contributed by atoms with van der Waals surface area (Å²) in [5.41, 5.74) is 1.15. The third-order valence-corrected chi connectivity index (χ3v) is 5.42. The molecule has 0 atom stereocenters. The largest absolute Gasteiger partial charge is 0.421 e. The molecule has 7 heteroatoms. The molecule has 0 bridgehead atoms. The molecule has 0 aliphatic heterocycles. The number of hydrogen-bond donors (Lipinski definition) is 0. The van der Waals surface area contributed by atoms with Crippen LogP contribution >= 0.6 is 0 Å². The van der Waals surface area contributed by atoms with Crippen LogP contribution < -0.4 is 0 Å². The van der Waals surface area contributed by atoms with Gasteiger partial charge in [0, 0.05) is 18.5 Å². The third-order valence-electron chi connectivity index (χ3n) is 3.73. The summed E-state index contributed by atoms with van der Waals surface area (Å²) in [7, 11) is -3.72. The summed E-state index contributed by atoms with van der Waals surface area (Å²) >= 11 is 0. The van der Waals surface area contributed by atoms with Gasteiger partial charge in [-0.15, -0.1) is 10.2 Å². The minimum Gasteiger partial charge on any atom is -0.421 e. The lowest BCUT2D eigenvalue weighted by atomic mass is 10.2. The number of fused-ring (bicyclic) bond motifs is 1. The highest BCUT2D eigenvalue weighted by Crippen LogP contribution is 2.32. The van der Waals surface area contributed by atoms with Crippen molar-refractivity contribution in [2.75, 3.05) is 0 Å². The predicted molar refractivity (Wildman–Crippen MR) is 89.0 cm³/mol. The summed E-state index contributed by atoms with van der Waals surface area (Å²) in [5, 5.41) is 8.57. The summed E-state index contributed by atoms with van der Waals surface area (Å²) in [4.78, 5) is 0.221. The van der Waals surface area contributed by atoms with Crippen LogP contribution in [0.4, 0.5) is 0 Å². The first kappa shape index (κ1) is 14.6. The van der Waals surface area contributed by atoms with Crippen molar-refractivity contribution in [3.63, 3.8) is 0 Å². The van der Waals surface area contributed by atoms with Crippen LogP contribution in [0.1, 0.15) is 5.89 Å². The van der Waals surface area contributed by atoms with E-state index >= 15 is 0 Å². The molecule has 2 aromatic heterocycles. The van der Waals surface area contributed by atoms with E-state index < -0.39 is 10.0 Å². The van der Waals surface area contributed by atoms with E-state index in [0.29, 0.717) is 22.9 Å². The molecule has 0 saturated carbocycles. The lowest BCUT2D eigenvalue weighted by Crippen LogP contribution is -2.11. The summed E-state index contributed by atoms with van der Waals surface area (Å²) in [6.45, 7) is 1.69. The molecule has 0 N–H and O–H groups in total. The van der Waals surface area contributed by atoms with Gasteiger partial charge in [0.15, 0.2) is 0 Å². The Hall–Kier alpha value is -2.93. The van der Waals surface area contributed by atoms with E-state index in [4.69, 9.17) is 4.42 Å². The summed E-state index contributed by atoms with van der Waals surface area (Å²) < 4.78 is 32.7. The van der Waals surface area contributed by atoms with Gasteiger partial charge in [0.2, 0.25) is 11.8 Å². The Labute approximate surface area is 138 Å². The van der Waals surface area contributed by atoms with Crippen molar-refractivity contribution in [2.45, 2.75) is 11.8 Å².